The Morgan fingerprint density at radius 1 is 1.26 bits per heavy atom. The molecule has 1 aliphatic rings. The Kier molecular flexibility index (Phi) is 7.30. The maximum absolute atomic E-state index is 11.2. The first-order valence-corrected chi connectivity index (χ1v) is 6.78. The number of ether oxygens (including phenoxy) is 3. The molecule has 0 aromatic carbocycles. The van der Waals surface area contributed by atoms with E-state index in [1.54, 1.807) is 7.11 Å². The monoisotopic (exact) mass is 275 g/mol. The van der Waals surface area contributed by atoms with Gasteiger partial charge in [-0.1, -0.05) is 6.42 Å². The van der Waals surface area contributed by atoms with Crippen LogP contribution in [0.2, 0.25) is 0 Å². The molecule has 6 heteroatoms. The molecule has 1 saturated carbocycles. The number of rotatable bonds is 10. The van der Waals surface area contributed by atoms with Crippen molar-refractivity contribution in [2.24, 2.45) is 11.7 Å². The minimum atomic E-state index is -1.06. The third kappa shape index (κ3) is 5.06. The molecule has 0 heterocycles. The molecule has 0 bridgehead atoms. The zero-order valence-electron chi connectivity index (χ0n) is 11.6. The van der Waals surface area contributed by atoms with Gasteiger partial charge in [0.15, 0.2) is 0 Å². The second kappa shape index (κ2) is 8.47. The molecule has 19 heavy (non-hydrogen) atoms. The highest BCUT2D eigenvalue weighted by molar-refractivity contribution is 5.79. The highest BCUT2D eigenvalue weighted by Gasteiger charge is 2.45. The fraction of sp³-hybridized carbons (Fsp3) is 0.923. The van der Waals surface area contributed by atoms with Crippen LogP contribution in [0.3, 0.4) is 0 Å². The van der Waals surface area contributed by atoms with E-state index in [-0.39, 0.29) is 5.92 Å². The molecular formula is C13H25NO5. The zero-order chi connectivity index (χ0) is 14.1. The highest BCUT2D eigenvalue weighted by Crippen LogP contribution is 2.36. The standard InChI is InChI=1S/C13H25NO5/c1-17-7-8-19-10-9-18-6-4-11-3-2-5-13(11,14)12(15)16/h11H,2-10,14H2,1H3,(H,15,16). The fourth-order valence-corrected chi connectivity index (χ4v) is 2.48. The lowest BCUT2D eigenvalue weighted by molar-refractivity contribution is -0.145. The van der Waals surface area contributed by atoms with Gasteiger partial charge in [-0.3, -0.25) is 4.79 Å². The van der Waals surface area contributed by atoms with Gasteiger partial charge < -0.3 is 25.1 Å². The van der Waals surface area contributed by atoms with E-state index in [4.69, 9.17) is 25.1 Å². The van der Waals surface area contributed by atoms with Gasteiger partial charge in [0, 0.05) is 13.7 Å². The lowest BCUT2D eigenvalue weighted by atomic mass is 9.86. The van der Waals surface area contributed by atoms with Gasteiger partial charge in [0.05, 0.1) is 26.4 Å². The van der Waals surface area contributed by atoms with Crippen molar-refractivity contribution in [1.82, 2.24) is 0 Å². The van der Waals surface area contributed by atoms with Crippen molar-refractivity contribution < 1.29 is 24.1 Å². The van der Waals surface area contributed by atoms with Crippen LogP contribution < -0.4 is 5.73 Å². The third-order valence-electron chi connectivity index (χ3n) is 3.68. The summed E-state index contributed by atoms with van der Waals surface area (Å²) in [6.07, 6.45) is 3.01. The molecule has 2 atom stereocenters. The Bertz CT molecular complexity index is 274. The van der Waals surface area contributed by atoms with Crippen LogP contribution in [0.5, 0.6) is 0 Å². The number of carboxylic acids is 1. The number of carboxylic acid groups (broad SMARTS) is 1. The Morgan fingerprint density at radius 2 is 1.89 bits per heavy atom. The average molecular weight is 275 g/mol. The number of methoxy groups -OCH3 is 1. The summed E-state index contributed by atoms with van der Waals surface area (Å²) >= 11 is 0. The molecule has 1 aliphatic carbocycles. The SMILES string of the molecule is COCCOCCOCCC1CCCC1(N)C(=O)O. The van der Waals surface area contributed by atoms with Gasteiger partial charge in [-0.05, 0) is 25.2 Å². The van der Waals surface area contributed by atoms with E-state index in [1.165, 1.54) is 0 Å². The first kappa shape index (κ1) is 16.4. The summed E-state index contributed by atoms with van der Waals surface area (Å²) in [5, 5.41) is 9.17. The van der Waals surface area contributed by atoms with Crippen molar-refractivity contribution in [3.05, 3.63) is 0 Å². The number of hydrogen-bond acceptors (Lipinski definition) is 5. The topological polar surface area (TPSA) is 91.0 Å². The molecule has 0 spiro atoms. The van der Waals surface area contributed by atoms with Crippen molar-refractivity contribution in [1.29, 1.82) is 0 Å². The summed E-state index contributed by atoms with van der Waals surface area (Å²) in [6, 6.07) is 0. The van der Waals surface area contributed by atoms with E-state index < -0.39 is 11.5 Å². The predicted octanol–water partition coefficient (Wildman–Crippen LogP) is 0.638. The van der Waals surface area contributed by atoms with Crippen LogP contribution in [-0.4, -0.2) is 56.8 Å². The van der Waals surface area contributed by atoms with Gasteiger partial charge in [-0.2, -0.15) is 0 Å². The van der Waals surface area contributed by atoms with E-state index in [0.717, 1.165) is 12.8 Å². The van der Waals surface area contributed by atoms with Gasteiger partial charge in [0.1, 0.15) is 5.54 Å². The molecule has 0 aliphatic heterocycles. The van der Waals surface area contributed by atoms with Gasteiger partial charge >= 0.3 is 5.97 Å². The summed E-state index contributed by atoms with van der Waals surface area (Å²) in [7, 11) is 1.63. The summed E-state index contributed by atoms with van der Waals surface area (Å²) in [6.45, 7) is 2.72. The van der Waals surface area contributed by atoms with E-state index in [2.05, 4.69) is 0 Å². The summed E-state index contributed by atoms with van der Waals surface area (Å²) in [5.74, 6) is -0.877. The Hall–Kier alpha value is -0.690. The fourth-order valence-electron chi connectivity index (χ4n) is 2.48. The third-order valence-corrected chi connectivity index (χ3v) is 3.68. The van der Waals surface area contributed by atoms with Crippen molar-refractivity contribution in [2.75, 3.05) is 40.1 Å². The zero-order valence-corrected chi connectivity index (χ0v) is 11.6. The molecule has 0 radical (unpaired) electrons. The van der Waals surface area contributed by atoms with Crippen LogP contribution in [-0.2, 0) is 19.0 Å². The lowest BCUT2D eigenvalue weighted by Gasteiger charge is -2.26. The summed E-state index contributed by atoms with van der Waals surface area (Å²) in [4.78, 5) is 11.2. The van der Waals surface area contributed by atoms with Gasteiger partial charge in [0.25, 0.3) is 0 Å². The molecule has 2 unspecified atom stereocenters. The highest BCUT2D eigenvalue weighted by atomic mass is 16.5. The van der Waals surface area contributed by atoms with E-state index in [9.17, 15) is 4.79 Å². The van der Waals surface area contributed by atoms with Crippen molar-refractivity contribution in [3.8, 4) is 0 Å². The van der Waals surface area contributed by atoms with Gasteiger partial charge in [-0.25, -0.2) is 0 Å². The van der Waals surface area contributed by atoms with Crippen LogP contribution in [0, 0.1) is 5.92 Å². The van der Waals surface area contributed by atoms with E-state index in [0.29, 0.717) is 45.9 Å². The first-order valence-electron chi connectivity index (χ1n) is 6.78. The number of hydrogen-bond donors (Lipinski definition) is 2. The number of carbonyl (C=O) groups is 1. The average Bonchev–Trinajstić information content (AvgIpc) is 2.76. The van der Waals surface area contributed by atoms with Crippen LogP contribution in [0.4, 0.5) is 0 Å². The van der Waals surface area contributed by atoms with Crippen molar-refractivity contribution >= 4 is 5.97 Å². The number of nitrogens with two attached hydrogens (primary N) is 1. The maximum Gasteiger partial charge on any atom is 0.323 e. The minimum Gasteiger partial charge on any atom is -0.480 e. The van der Waals surface area contributed by atoms with Crippen molar-refractivity contribution in [2.45, 2.75) is 31.2 Å². The summed E-state index contributed by atoms with van der Waals surface area (Å²) < 4.78 is 15.5. The smallest absolute Gasteiger partial charge is 0.323 e. The quantitative estimate of drug-likeness (QED) is 0.568. The van der Waals surface area contributed by atoms with E-state index in [1.807, 2.05) is 0 Å². The Labute approximate surface area is 114 Å². The van der Waals surface area contributed by atoms with Gasteiger partial charge in [0.2, 0.25) is 0 Å². The number of aliphatic carboxylic acids is 1. The van der Waals surface area contributed by atoms with Crippen LogP contribution in [0.15, 0.2) is 0 Å². The molecule has 112 valence electrons. The molecular weight excluding hydrogens is 250 g/mol. The van der Waals surface area contributed by atoms with Crippen LogP contribution >= 0.6 is 0 Å². The Morgan fingerprint density at radius 3 is 2.53 bits per heavy atom. The largest absolute Gasteiger partial charge is 0.480 e. The second-order valence-electron chi connectivity index (χ2n) is 4.94. The van der Waals surface area contributed by atoms with Crippen molar-refractivity contribution in [3.63, 3.8) is 0 Å². The summed E-state index contributed by atoms with van der Waals surface area (Å²) in [5.41, 5.74) is 4.89. The maximum atomic E-state index is 11.2. The minimum absolute atomic E-state index is 0.0133. The molecule has 6 nitrogen and oxygen atoms in total. The Balaban J connectivity index is 2.07. The lowest BCUT2D eigenvalue weighted by Crippen LogP contribution is -2.51. The molecule has 3 N–H and O–H groups in total. The van der Waals surface area contributed by atoms with Gasteiger partial charge in [-0.15, -0.1) is 0 Å². The second-order valence-corrected chi connectivity index (χ2v) is 4.94. The molecule has 0 saturated heterocycles. The molecule has 0 aromatic rings. The first-order chi connectivity index (χ1) is 9.11. The predicted molar refractivity (Wildman–Crippen MR) is 70.0 cm³/mol. The molecule has 1 rings (SSSR count). The molecule has 0 aromatic heterocycles. The molecule has 0 amide bonds. The normalized spacial score (nSPS) is 26.7. The van der Waals surface area contributed by atoms with Crippen LogP contribution in [0.25, 0.3) is 0 Å². The van der Waals surface area contributed by atoms with E-state index >= 15 is 0 Å². The molecule has 1 fully saturated rings. The van der Waals surface area contributed by atoms with Crippen LogP contribution in [0.1, 0.15) is 25.7 Å².